The van der Waals surface area contributed by atoms with Gasteiger partial charge in [0.05, 0.1) is 12.7 Å². The van der Waals surface area contributed by atoms with Crippen LogP contribution in [0.25, 0.3) is 11.5 Å². The van der Waals surface area contributed by atoms with Crippen LogP contribution in [0.2, 0.25) is 0 Å². The number of rotatable bonds is 4. The van der Waals surface area contributed by atoms with Gasteiger partial charge in [-0.15, -0.1) is 22.5 Å². The highest BCUT2D eigenvalue weighted by Crippen LogP contribution is 2.28. The lowest BCUT2D eigenvalue weighted by molar-refractivity contribution is -0.132. The number of ether oxygens (including phenoxy) is 1. The third-order valence-electron chi connectivity index (χ3n) is 4.12. The molecule has 1 aliphatic heterocycles. The maximum atomic E-state index is 12.4. The second-order valence-electron chi connectivity index (χ2n) is 5.72. The highest BCUT2D eigenvalue weighted by Gasteiger charge is 2.24. The lowest BCUT2D eigenvalue weighted by Gasteiger charge is -2.30. The first-order valence-corrected chi connectivity index (χ1v) is 7.91. The minimum Gasteiger partial charge on any atom is -0.496 e. The van der Waals surface area contributed by atoms with E-state index in [1.165, 1.54) is 0 Å². The van der Waals surface area contributed by atoms with Gasteiger partial charge in [0.25, 0.3) is 5.89 Å². The Morgan fingerprint density at radius 2 is 2.29 bits per heavy atom. The summed E-state index contributed by atoms with van der Waals surface area (Å²) in [5.74, 6) is 4.11. The minimum atomic E-state index is -0.0369. The van der Waals surface area contributed by atoms with E-state index in [2.05, 4.69) is 16.1 Å². The van der Waals surface area contributed by atoms with E-state index in [4.69, 9.17) is 15.6 Å². The molecule has 6 heteroatoms. The largest absolute Gasteiger partial charge is 0.496 e. The number of amides is 1. The number of methoxy groups -OCH3 is 1. The third kappa shape index (κ3) is 3.40. The van der Waals surface area contributed by atoms with Gasteiger partial charge in [-0.3, -0.25) is 4.79 Å². The molecule has 0 aliphatic carbocycles. The van der Waals surface area contributed by atoms with E-state index in [0.717, 1.165) is 19.4 Å². The summed E-state index contributed by atoms with van der Waals surface area (Å²) >= 11 is 0. The molecule has 24 heavy (non-hydrogen) atoms. The molecule has 1 aromatic carbocycles. The first-order valence-electron chi connectivity index (χ1n) is 7.91. The van der Waals surface area contributed by atoms with E-state index in [9.17, 15) is 4.79 Å². The number of benzene rings is 1. The highest BCUT2D eigenvalue weighted by atomic mass is 16.5. The van der Waals surface area contributed by atoms with E-state index in [-0.39, 0.29) is 18.2 Å². The van der Waals surface area contributed by atoms with Crippen LogP contribution in [-0.4, -0.2) is 41.2 Å². The molecule has 0 N–H and O–H groups in total. The maximum absolute atomic E-state index is 12.4. The molecule has 1 aliphatic rings. The van der Waals surface area contributed by atoms with Crippen molar-refractivity contribution in [1.29, 1.82) is 0 Å². The van der Waals surface area contributed by atoms with Crippen molar-refractivity contribution in [3.05, 3.63) is 30.2 Å². The van der Waals surface area contributed by atoms with Crippen molar-refractivity contribution in [2.75, 3.05) is 20.2 Å². The zero-order valence-electron chi connectivity index (χ0n) is 13.6. The molecule has 1 saturated heterocycles. The number of terminal acetylenes is 1. The first kappa shape index (κ1) is 16.1. The van der Waals surface area contributed by atoms with Crippen LogP contribution in [0, 0.1) is 18.3 Å². The van der Waals surface area contributed by atoms with Crippen molar-refractivity contribution in [1.82, 2.24) is 15.1 Å². The monoisotopic (exact) mass is 325 g/mol. The molecule has 1 unspecified atom stereocenters. The summed E-state index contributed by atoms with van der Waals surface area (Å²) in [5.41, 5.74) is 0.705. The van der Waals surface area contributed by atoms with Crippen LogP contribution < -0.4 is 4.74 Å². The Kier molecular flexibility index (Phi) is 4.80. The van der Waals surface area contributed by atoms with E-state index >= 15 is 0 Å². The summed E-state index contributed by atoms with van der Waals surface area (Å²) in [6.45, 7) is 1.33. The van der Waals surface area contributed by atoms with Crippen LogP contribution in [0.3, 0.4) is 0 Å². The molecule has 0 radical (unpaired) electrons. The lowest BCUT2D eigenvalue weighted by Crippen LogP contribution is -2.40. The van der Waals surface area contributed by atoms with Crippen molar-refractivity contribution >= 4 is 5.91 Å². The molecule has 1 amide bonds. The van der Waals surface area contributed by atoms with Crippen molar-refractivity contribution < 1.29 is 13.9 Å². The number of piperidine rings is 1. The zero-order chi connectivity index (χ0) is 16.9. The number of para-hydroxylation sites is 1. The van der Waals surface area contributed by atoms with Crippen LogP contribution in [-0.2, 0) is 11.2 Å². The first-order chi connectivity index (χ1) is 11.7. The zero-order valence-corrected chi connectivity index (χ0v) is 13.6. The van der Waals surface area contributed by atoms with Gasteiger partial charge in [0.1, 0.15) is 12.2 Å². The van der Waals surface area contributed by atoms with Gasteiger partial charge < -0.3 is 14.1 Å². The molecule has 1 aromatic heterocycles. The standard InChI is InChI=1S/C18H19N3O3/c1-3-13-7-6-10-21(12-13)17(22)11-16-19-20-18(24-16)14-8-4-5-9-15(14)23-2/h1,4-5,8-9,13H,6-7,10-12H2,2H3. The fourth-order valence-corrected chi connectivity index (χ4v) is 2.84. The van der Waals surface area contributed by atoms with E-state index in [0.29, 0.717) is 29.6 Å². The average molecular weight is 325 g/mol. The SMILES string of the molecule is C#CC1CCCN(C(=O)Cc2nnc(-c3ccccc3OC)o2)C1. The van der Waals surface area contributed by atoms with Gasteiger partial charge >= 0.3 is 0 Å². The van der Waals surface area contributed by atoms with Crippen molar-refractivity contribution in [3.63, 3.8) is 0 Å². The van der Waals surface area contributed by atoms with Gasteiger partial charge in [-0.25, -0.2) is 0 Å². The third-order valence-corrected chi connectivity index (χ3v) is 4.12. The van der Waals surface area contributed by atoms with Gasteiger partial charge in [-0.2, -0.15) is 0 Å². The lowest BCUT2D eigenvalue weighted by atomic mass is 9.99. The predicted molar refractivity (Wildman–Crippen MR) is 88.1 cm³/mol. The number of carbonyl (C=O) groups excluding carboxylic acids is 1. The molecule has 0 bridgehead atoms. The normalized spacial score (nSPS) is 17.3. The fraction of sp³-hybridized carbons (Fsp3) is 0.389. The molecule has 0 spiro atoms. The molecule has 2 heterocycles. The van der Waals surface area contributed by atoms with Crippen molar-refractivity contribution in [2.24, 2.45) is 5.92 Å². The van der Waals surface area contributed by atoms with Gasteiger partial charge in [-0.05, 0) is 25.0 Å². The van der Waals surface area contributed by atoms with Gasteiger partial charge in [-0.1, -0.05) is 12.1 Å². The molecule has 1 fully saturated rings. The Morgan fingerprint density at radius 3 is 3.08 bits per heavy atom. The van der Waals surface area contributed by atoms with E-state index in [1.54, 1.807) is 12.0 Å². The van der Waals surface area contributed by atoms with Gasteiger partial charge in [0.2, 0.25) is 11.8 Å². The Morgan fingerprint density at radius 1 is 1.46 bits per heavy atom. The summed E-state index contributed by atoms with van der Waals surface area (Å²) in [5, 5.41) is 8.01. The van der Waals surface area contributed by atoms with Crippen LogP contribution in [0.4, 0.5) is 0 Å². The van der Waals surface area contributed by atoms with Crippen molar-refractivity contribution in [2.45, 2.75) is 19.3 Å². The number of hydrogen-bond acceptors (Lipinski definition) is 5. The van der Waals surface area contributed by atoms with Crippen LogP contribution in [0.15, 0.2) is 28.7 Å². The Hall–Kier alpha value is -2.81. The second-order valence-corrected chi connectivity index (χ2v) is 5.72. The molecule has 1 atom stereocenters. The molecule has 6 nitrogen and oxygen atoms in total. The Bertz CT molecular complexity index is 763. The summed E-state index contributed by atoms with van der Waals surface area (Å²) in [4.78, 5) is 14.2. The summed E-state index contributed by atoms with van der Waals surface area (Å²) in [7, 11) is 1.58. The van der Waals surface area contributed by atoms with Crippen LogP contribution >= 0.6 is 0 Å². The van der Waals surface area contributed by atoms with Crippen molar-refractivity contribution in [3.8, 4) is 29.5 Å². The number of aromatic nitrogens is 2. The predicted octanol–water partition coefficient (Wildman–Crippen LogP) is 2.16. The maximum Gasteiger partial charge on any atom is 0.251 e. The average Bonchev–Trinajstić information content (AvgIpc) is 3.10. The van der Waals surface area contributed by atoms with E-state index in [1.807, 2.05) is 24.3 Å². The molecule has 0 saturated carbocycles. The molecule has 3 rings (SSSR count). The summed E-state index contributed by atoms with van der Waals surface area (Å²) < 4.78 is 10.9. The second kappa shape index (κ2) is 7.18. The van der Waals surface area contributed by atoms with E-state index < -0.39 is 0 Å². The number of hydrogen-bond donors (Lipinski definition) is 0. The number of likely N-dealkylation sites (tertiary alicyclic amines) is 1. The molecule has 2 aromatic rings. The van der Waals surface area contributed by atoms with Crippen LogP contribution in [0.1, 0.15) is 18.7 Å². The number of nitrogens with zero attached hydrogens (tertiary/aromatic N) is 3. The highest BCUT2D eigenvalue weighted by molar-refractivity contribution is 5.78. The fourth-order valence-electron chi connectivity index (χ4n) is 2.84. The Balaban J connectivity index is 1.70. The van der Waals surface area contributed by atoms with Gasteiger partial charge in [0.15, 0.2) is 0 Å². The minimum absolute atomic E-state index is 0.0369. The topological polar surface area (TPSA) is 68.5 Å². The smallest absolute Gasteiger partial charge is 0.251 e. The number of carbonyl (C=O) groups is 1. The summed E-state index contributed by atoms with van der Waals surface area (Å²) in [6, 6.07) is 7.38. The molecular formula is C18H19N3O3. The quantitative estimate of drug-likeness (QED) is 0.806. The van der Waals surface area contributed by atoms with Gasteiger partial charge in [0, 0.05) is 19.0 Å². The van der Waals surface area contributed by atoms with Crippen LogP contribution in [0.5, 0.6) is 5.75 Å². The summed E-state index contributed by atoms with van der Waals surface area (Å²) in [6.07, 6.45) is 7.45. The molecular weight excluding hydrogens is 306 g/mol. The Labute approximate surface area is 140 Å². The molecule has 124 valence electrons.